The summed E-state index contributed by atoms with van der Waals surface area (Å²) in [5, 5.41) is 0. The molecule has 0 aromatic carbocycles. The van der Waals surface area contributed by atoms with Crippen LogP contribution in [0.2, 0.25) is 27.2 Å². The third kappa shape index (κ3) is 8.49. The fourth-order valence-corrected chi connectivity index (χ4v) is 10.6. The minimum atomic E-state index is -4.09. The van der Waals surface area contributed by atoms with Crippen molar-refractivity contribution < 1.29 is 11.4 Å². The summed E-state index contributed by atoms with van der Waals surface area (Å²) in [6, 6.07) is 0. The van der Waals surface area contributed by atoms with Gasteiger partial charge in [-0.15, -0.1) is 0 Å². The topological polar surface area (TPSA) is 20.2 Å². The van der Waals surface area contributed by atoms with Gasteiger partial charge in [-0.2, -0.15) is 0 Å². The molecule has 0 spiro atoms. The van der Waals surface area contributed by atoms with E-state index in [-0.39, 0.29) is 0 Å². The average molecular weight is 598 g/mol. The molecular formula is C14H31Br2IrOP. The summed E-state index contributed by atoms with van der Waals surface area (Å²) in [5.74, 6) is 0. The van der Waals surface area contributed by atoms with Crippen LogP contribution >= 0.6 is 35.1 Å². The summed E-state index contributed by atoms with van der Waals surface area (Å²) < 4.78 is 1.48. The molecule has 1 N–H and O–H groups in total. The quantitative estimate of drug-likeness (QED) is 0.336. The average Bonchev–Trinajstić information content (AvgIpc) is 2.66. The first-order valence-corrected chi connectivity index (χ1v) is 31.4. The predicted molar refractivity (Wildman–Crippen MR) is 99.2 cm³/mol. The maximum atomic E-state index is 8.73. The molecule has 0 amide bonds. The van der Waals surface area contributed by atoms with Gasteiger partial charge in [-0.1, -0.05) is 13.8 Å². The summed E-state index contributed by atoms with van der Waals surface area (Å²) >= 11 is 8.19. The number of allylic oxidation sites excluding steroid dienone is 4. The van der Waals surface area contributed by atoms with Crippen LogP contribution in [0.3, 0.4) is 0 Å². The van der Waals surface area contributed by atoms with Gasteiger partial charge >= 0.3 is 89.4 Å². The van der Waals surface area contributed by atoms with E-state index in [2.05, 4.69) is 72.4 Å². The Morgan fingerprint density at radius 1 is 1.11 bits per heavy atom. The zero-order valence-corrected chi connectivity index (χ0v) is 19.8. The Morgan fingerprint density at radius 2 is 1.53 bits per heavy atom. The van der Waals surface area contributed by atoms with Crippen molar-refractivity contribution in [3.8, 4) is 0 Å². The van der Waals surface area contributed by atoms with Gasteiger partial charge in [0.25, 0.3) is 0 Å². The van der Waals surface area contributed by atoms with Crippen LogP contribution in [0.5, 0.6) is 0 Å². The van der Waals surface area contributed by atoms with Gasteiger partial charge in [0, 0.05) is 8.15 Å². The van der Waals surface area contributed by atoms with Crippen molar-refractivity contribution in [3.05, 3.63) is 22.3 Å². The molecule has 0 aromatic heterocycles. The van der Waals surface area contributed by atoms with E-state index in [1.165, 1.54) is 4.09 Å². The molecule has 0 aromatic rings. The summed E-state index contributed by atoms with van der Waals surface area (Å²) in [6.07, 6.45) is 9.54. The van der Waals surface area contributed by atoms with Crippen LogP contribution in [-0.4, -0.2) is 17.2 Å². The third-order valence-electron chi connectivity index (χ3n) is 2.67. The van der Waals surface area contributed by atoms with Crippen molar-refractivity contribution in [2.75, 3.05) is 12.3 Å². The predicted octanol–water partition coefficient (Wildman–Crippen LogP) is 7.40. The van der Waals surface area contributed by atoms with E-state index in [1.54, 1.807) is 0 Å². The molecule has 0 heterocycles. The maximum absolute atomic E-state index is 8.73. The fraction of sp³-hybridized carbons (Fsp3) is 0.714. The normalized spacial score (nSPS) is 23.4. The Kier molecular flexibility index (Phi) is 4.17. The van der Waals surface area contributed by atoms with Crippen molar-refractivity contribution in [1.29, 1.82) is 0 Å². The second kappa shape index (κ2) is 3.87. The molecule has 0 saturated carbocycles. The van der Waals surface area contributed by atoms with E-state index in [9.17, 15) is 0 Å². The molecule has 19 heavy (non-hydrogen) atoms. The van der Waals surface area contributed by atoms with Gasteiger partial charge < -0.3 is 4.89 Å². The SMILES string of the molecule is CCP(O)CC.[CH3][Ir]([CH3])([CH3])([CH3])([CH3])([Br])([Br])[C]1=CC=CC1. The third-order valence-corrected chi connectivity index (χ3v) is 19.4. The molecule has 0 fully saturated rings. The van der Waals surface area contributed by atoms with Crippen molar-refractivity contribution in [3.63, 3.8) is 0 Å². The van der Waals surface area contributed by atoms with Gasteiger partial charge in [0.15, 0.2) is 0 Å². The zero-order valence-electron chi connectivity index (χ0n) is 13.3. The van der Waals surface area contributed by atoms with Gasteiger partial charge in [0.05, 0.1) is 0 Å². The molecule has 121 valence electrons. The Morgan fingerprint density at radius 3 is 1.63 bits per heavy atom. The van der Waals surface area contributed by atoms with Crippen LogP contribution in [0.25, 0.3) is 0 Å². The number of hydrogen-bond donors (Lipinski definition) is 1. The molecule has 1 aliphatic carbocycles. The molecule has 0 radical (unpaired) electrons. The standard InChI is InChI=1S/C5H5.C4H11OP.5CH3.2BrH.Ir/c1-2-4-5-3-1;1-3-6(5)4-2;;;;;;;;/h1-3H,4H2;5H,3-4H2,1-2H3;5*1H3;2*1H;/q;;;;;;;;;+2/p-2. The van der Waals surface area contributed by atoms with Crippen molar-refractivity contribution in [2.24, 2.45) is 0 Å². The first-order valence-electron chi connectivity index (χ1n) is 6.05. The van der Waals surface area contributed by atoms with Crippen molar-refractivity contribution in [1.82, 2.24) is 0 Å². The molecular weight excluding hydrogens is 567 g/mol. The Hall–Kier alpha value is 1.48. The fourth-order valence-electron chi connectivity index (χ4n) is 1.35. The molecule has 1 nitrogen and oxygen atoms in total. The van der Waals surface area contributed by atoms with E-state index < -0.39 is 14.6 Å². The van der Waals surface area contributed by atoms with Crippen LogP contribution in [0.4, 0.5) is 0 Å². The van der Waals surface area contributed by atoms with Gasteiger partial charge in [-0.05, 0) is 12.3 Å². The Labute approximate surface area is 127 Å². The summed E-state index contributed by atoms with van der Waals surface area (Å²) in [5.41, 5.74) is 11.7. The molecule has 0 aliphatic heterocycles. The second-order valence-corrected chi connectivity index (χ2v) is 110. The molecule has 5 heteroatoms. The van der Waals surface area contributed by atoms with Crippen molar-refractivity contribution >= 4 is 35.1 Å². The van der Waals surface area contributed by atoms with Gasteiger partial charge in [-0.3, -0.25) is 0 Å². The van der Waals surface area contributed by atoms with E-state index >= 15 is 0 Å². The van der Waals surface area contributed by atoms with Gasteiger partial charge in [0.2, 0.25) is 0 Å². The Balaban J connectivity index is 0.000000459. The zero-order chi connectivity index (χ0) is 15.8. The van der Waals surface area contributed by atoms with Crippen LogP contribution < -0.4 is 0 Å². The van der Waals surface area contributed by atoms with Crippen molar-refractivity contribution in [2.45, 2.75) is 47.5 Å². The van der Waals surface area contributed by atoms with E-state index in [1.807, 2.05) is 13.8 Å². The van der Waals surface area contributed by atoms with E-state index in [4.69, 9.17) is 4.89 Å². The second-order valence-electron chi connectivity index (χ2n) is 7.96. The first-order chi connectivity index (χ1) is 7.80. The van der Waals surface area contributed by atoms with Gasteiger partial charge in [-0.25, -0.2) is 0 Å². The minimum absolute atomic E-state index is 0.576. The Bertz CT molecular complexity index is 422. The molecule has 0 unspecified atom stereocenters. The van der Waals surface area contributed by atoms with E-state index in [0.717, 1.165) is 18.7 Å². The van der Waals surface area contributed by atoms with E-state index in [0.29, 0.717) is 0 Å². The molecule has 0 atom stereocenters. The van der Waals surface area contributed by atoms with Crippen LogP contribution in [-0.2, 0) is 6.46 Å². The summed E-state index contributed by atoms with van der Waals surface area (Å²) in [7, 11) is -0.576. The van der Waals surface area contributed by atoms with Crippen LogP contribution in [0.15, 0.2) is 22.3 Å². The summed E-state index contributed by atoms with van der Waals surface area (Å²) in [6.45, 7) is -0.0755. The van der Waals surface area contributed by atoms with Crippen LogP contribution in [0.1, 0.15) is 20.3 Å². The first kappa shape index (κ1) is 20.5. The summed E-state index contributed by atoms with van der Waals surface area (Å²) in [4.78, 5) is 8.73. The number of halogens is 2. The van der Waals surface area contributed by atoms with Gasteiger partial charge in [0.1, 0.15) is 0 Å². The molecule has 1 rings (SSSR count). The number of rotatable bonds is 3. The molecule has 1 aliphatic rings. The molecule has 0 bridgehead atoms. The molecule has 0 saturated heterocycles. The van der Waals surface area contributed by atoms with Crippen LogP contribution in [0, 0.1) is 0 Å². The number of hydrogen-bond acceptors (Lipinski definition) is 1. The monoisotopic (exact) mass is 597 g/mol.